The minimum absolute atomic E-state index is 0.0809. The third-order valence-electron chi connectivity index (χ3n) is 9.74. The van der Waals surface area contributed by atoms with E-state index in [0.29, 0.717) is 11.1 Å². The molecule has 2 aliphatic heterocycles. The zero-order valence-corrected chi connectivity index (χ0v) is 27.9. The Hall–Kier alpha value is -3.70. The van der Waals surface area contributed by atoms with Gasteiger partial charge in [-0.05, 0) is 61.1 Å². The molecule has 1 aliphatic carbocycles. The number of nitrogens with zero attached hydrogens (tertiary/aromatic N) is 2. The zero-order chi connectivity index (χ0) is 31.2. The fourth-order valence-electron chi connectivity index (χ4n) is 7.22. The Kier molecular flexibility index (Phi) is 8.04. The lowest BCUT2D eigenvalue weighted by molar-refractivity contribution is -0.437. The quantitative estimate of drug-likeness (QED) is 0.142. The Morgan fingerprint density at radius 3 is 2.39 bits per heavy atom. The average molecular weight is 606 g/mol. The molecule has 3 aromatic rings. The molecule has 0 atom stereocenters. The summed E-state index contributed by atoms with van der Waals surface area (Å²) in [5, 5.41) is 13.6. The molecule has 228 valence electrons. The lowest BCUT2D eigenvalue weighted by Crippen LogP contribution is -2.32. The normalized spacial score (nSPS) is 20.1. The third kappa shape index (κ3) is 4.90. The van der Waals surface area contributed by atoms with E-state index in [-0.39, 0.29) is 22.4 Å². The lowest BCUT2D eigenvalue weighted by Gasteiger charge is -2.29. The monoisotopic (exact) mass is 605 g/mol. The van der Waals surface area contributed by atoms with Crippen LogP contribution < -0.4 is 4.90 Å². The van der Waals surface area contributed by atoms with Crippen molar-refractivity contribution in [1.29, 1.82) is 0 Å². The second-order valence-corrected chi connectivity index (χ2v) is 14.4. The molecule has 0 saturated carbocycles. The molecule has 0 radical (unpaired) electrons. The summed E-state index contributed by atoms with van der Waals surface area (Å²) in [6.07, 6.45) is 9.57. The third-order valence-corrected chi connectivity index (χ3v) is 10.7. The van der Waals surface area contributed by atoms with Crippen molar-refractivity contribution in [3.8, 4) is 10.4 Å². The number of aliphatic hydroxyl groups is 1. The van der Waals surface area contributed by atoms with E-state index >= 15 is 0 Å². The first-order valence-electron chi connectivity index (χ1n) is 16.2. The first-order valence-corrected chi connectivity index (χ1v) is 17.1. The van der Waals surface area contributed by atoms with Gasteiger partial charge in [0.25, 0.3) is 0 Å². The SMILES string of the molecule is CCCCCCN1C(=CC2=C(O)C(=CC3=[N+](CCC)c4ccccc4C3(C)C)C2=O)C(C)(C)c2cc(-c3cccs3)ccc21. The van der Waals surface area contributed by atoms with E-state index in [4.69, 9.17) is 0 Å². The molecule has 0 fully saturated rings. The number of carbonyl (C=O) groups excluding carboxylic acids is 1. The van der Waals surface area contributed by atoms with Gasteiger partial charge in [0.05, 0.1) is 16.6 Å². The highest BCUT2D eigenvalue weighted by molar-refractivity contribution is 7.13. The Morgan fingerprint density at radius 2 is 1.68 bits per heavy atom. The number of Topliss-reactive ketones (excluding diaryl/α,β-unsaturated/α-hetero) is 1. The molecule has 1 aromatic heterocycles. The molecule has 0 saturated heterocycles. The van der Waals surface area contributed by atoms with E-state index in [1.807, 2.05) is 12.2 Å². The van der Waals surface area contributed by atoms with Crippen LogP contribution in [0.2, 0.25) is 0 Å². The Bertz CT molecular complexity index is 1730. The van der Waals surface area contributed by atoms with Gasteiger partial charge in [-0.25, -0.2) is 0 Å². The van der Waals surface area contributed by atoms with Crippen LogP contribution in [0.3, 0.4) is 0 Å². The topological polar surface area (TPSA) is 43.5 Å². The van der Waals surface area contributed by atoms with Gasteiger partial charge >= 0.3 is 0 Å². The number of thiophene rings is 1. The van der Waals surface area contributed by atoms with E-state index in [1.165, 1.54) is 52.2 Å². The fourth-order valence-corrected chi connectivity index (χ4v) is 7.94. The van der Waals surface area contributed by atoms with Crippen LogP contribution in [0.1, 0.15) is 84.8 Å². The van der Waals surface area contributed by atoms with Crippen LogP contribution in [0.4, 0.5) is 11.4 Å². The van der Waals surface area contributed by atoms with Crippen molar-refractivity contribution in [2.45, 2.75) is 84.5 Å². The second kappa shape index (κ2) is 11.7. The molecule has 0 amide bonds. The zero-order valence-electron chi connectivity index (χ0n) is 27.0. The molecular formula is C39H45N2O2S+. The number of fused-ring (bicyclic) bond motifs is 2. The van der Waals surface area contributed by atoms with Crippen molar-refractivity contribution in [1.82, 2.24) is 0 Å². The van der Waals surface area contributed by atoms with Crippen molar-refractivity contribution in [2.75, 3.05) is 18.0 Å². The summed E-state index contributed by atoms with van der Waals surface area (Å²) in [7, 11) is 0. The van der Waals surface area contributed by atoms with Gasteiger partial charge in [-0.2, -0.15) is 4.58 Å². The summed E-state index contributed by atoms with van der Waals surface area (Å²) in [4.78, 5) is 17.5. The summed E-state index contributed by atoms with van der Waals surface area (Å²) < 4.78 is 2.32. The van der Waals surface area contributed by atoms with Crippen molar-refractivity contribution >= 4 is 34.2 Å². The standard InChI is InChI=1S/C39H44N2O2S/c1-7-9-10-13-21-41-32-19-18-26(33-17-14-22-44-33)23-30(32)39(5,6)35(41)25-28-36(42)27(37(28)43)24-34-38(3,4)29-15-11-12-16-31(29)40(34)20-8-2/h11-12,14-19,22-25H,7-10,13,20-21H2,1-6H3/p+1. The van der Waals surface area contributed by atoms with Crippen LogP contribution in [0.5, 0.6) is 0 Å². The number of carbonyl (C=O) groups is 1. The van der Waals surface area contributed by atoms with E-state index in [1.54, 1.807) is 11.3 Å². The van der Waals surface area contributed by atoms with Gasteiger partial charge in [0.15, 0.2) is 5.71 Å². The van der Waals surface area contributed by atoms with E-state index in [0.717, 1.165) is 37.3 Å². The molecule has 0 unspecified atom stereocenters. The number of hydrogen-bond acceptors (Lipinski definition) is 4. The van der Waals surface area contributed by atoms with Crippen LogP contribution in [0, 0.1) is 0 Å². The predicted octanol–water partition coefficient (Wildman–Crippen LogP) is 9.78. The number of ketones is 1. The van der Waals surface area contributed by atoms with Gasteiger partial charge in [-0.1, -0.05) is 77.3 Å². The van der Waals surface area contributed by atoms with Gasteiger partial charge in [0, 0.05) is 52.3 Å². The van der Waals surface area contributed by atoms with Crippen molar-refractivity contribution in [3.05, 3.63) is 106 Å². The van der Waals surface area contributed by atoms with E-state index < -0.39 is 0 Å². The molecule has 2 aromatic carbocycles. The second-order valence-electron chi connectivity index (χ2n) is 13.4. The summed E-state index contributed by atoms with van der Waals surface area (Å²) in [6, 6.07) is 19.5. The molecule has 0 spiro atoms. The van der Waals surface area contributed by atoms with Gasteiger partial charge in [0.2, 0.25) is 11.5 Å². The average Bonchev–Trinajstić information content (AvgIpc) is 3.68. The smallest absolute Gasteiger partial charge is 0.209 e. The number of unbranched alkanes of at least 4 members (excludes halogenated alkanes) is 3. The fraction of sp³-hybridized carbons (Fsp3) is 0.385. The highest BCUT2D eigenvalue weighted by Crippen LogP contribution is 2.50. The number of allylic oxidation sites excluding steroid dienone is 5. The van der Waals surface area contributed by atoms with Crippen molar-refractivity contribution in [2.24, 2.45) is 0 Å². The molecule has 0 bridgehead atoms. The van der Waals surface area contributed by atoms with Crippen LogP contribution in [-0.4, -0.2) is 34.3 Å². The van der Waals surface area contributed by atoms with E-state index in [2.05, 4.69) is 111 Å². The molecular weight excluding hydrogens is 561 g/mol. The molecule has 1 N–H and O–H groups in total. The number of para-hydroxylation sites is 1. The summed E-state index contributed by atoms with van der Waals surface area (Å²) in [6.45, 7) is 15.1. The summed E-state index contributed by atoms with van der Waals surface area (Å²) >= 11 is 1.75. The number of hydrogen-bond donors (Lipinski definition) is 1. The first kappa shape index (κ1) is 30.3. The Morgan fingerprint density at radius 1 is 0.886 bits per heavy atom. The van der Waals surface area contributed by atoms with Crippen molar-refractivity contribution in [3.63, 3.8) is 0 Å². The largest absolute Gasteiger partial charge is 0.506 e. The van der Waals surface area contributed by atoms with Crippen LogP contribution in [0.15, 0.2) is 94.7 Å². The molecule has 4 nitrogen and oxygen atoms in total. The van der Waals surface area contributed by atoms with Gasteiger partial charge < -0.3 is 10.0 Å². The van der Waals surface area contributed by atoms with E-state index in [9.17, 15) is 9.90 Å². The molecule has 5 heteroatoms. The minimum Gasteiger partial charge on any atom is -0.506 e. The molecule has 6 rings (SSSR count). The van der Waals surface area contributed by atoms with Crippen molar-refractivity contribution < 1.29 is 14.5 Å². The van der Waals surface area contributed by atoms with Gasteiger partial charge in [-0.3, -0.25) is 4.79 Å². The number of aliphatic hydroxyl groups excluding tert-OH is 1. The maximum absolute atomic E-state index is 13.8. The number of anilines is 1. The number of rotatable bonds is 10. The maximum atomic E-state index is 13.8. The predicted molar refractivity (Wildman–Crippen MR) is 185 cm³/mol. The highest BCUT2D eigenvalue weighted by Gasteiger charge is 2.47. The van der Waals surface area contributed by atoms with Gasteiger partial charge in [0.1, 0.15) is 12.3 Å². The molecule has 3 aliphatic rings. The Balaban J connectivity index is 1.40. The highest BCUT2D eigenvalue weighted by atomic mass is 32.1. The van der Waals surface area contributed by atoms with Crippen LogP contribution in [0.25, 0.3) is 10.4 Å². The maximum Gasteiger partial charge on any atom is 0.209 e. The molecule has 3 heterocycles. The van der Waals surface area contributed by atoms with Crippen LogP contribution >= 0.6 is 11.3 Å². The summed E-state index contributed by atoms with van der Waals surface area (Å²) in [5.74, 6) is 0.0258. The number of benzene rings is 2. The first-order chi connectivity index (χ1) is 21.1. The molecule has 44 heavy (non-hydrogen) atoms. The summed E-state index contributed by atoms with van der Waals surface area (Å²) in [5.41, 5.74) is 8.53. The minimum atomic E-state index is -0.317. The lowest BCUT2D eigenvalue weighted by atomic mass is 9.77. The Labute approximate surface area is 266 Å². The van der Waals surface area contributed by atoms with Gasteiger partial charge in [-0.15, -0.1) is 11.3 Å². The van der Waals surface area contributed by atoms with Crippen LogP contribution in [-0.2, 0) is 15.6 Å².